The summed E-state index contributed by atoms with van der Waals surface area (Å²) in [7, 11) is 3.68. The molecule has 1 aliphatic rings. The van der Waals surface area contributed by atoms with E-state index in [4.69, 9.17) is 4.74 Å². The first-order valence-electron chi connectivity index (χ1n) is 5.92. The number of benzene rings is 1. The Morgan fingerprint density at radius 1 is 1.28 bits per heavy atom. The molecule has 0 unspecified atom stereocenters. The Labute approximate surface area is 107 Å². The number of amides is 1. The van der Waals surface area contributed by atoms with Crippen LogP contribution in [0.2, 0.25) is 0 Å². The Hall–Kier alpha value is -1.59. The highest BCUT2D eigenvalue weighted by atomic mass is 16.5. The minimum Gasteiger partial charge on any atom is -0.478 e. The summed E-state index contributed by atoms with van der Waals surface area (Å²) in [5.74, 6) is 0.658. The molecule has 1 aliphatic heterocycles. The molecule has 0 aromatic heterocycles. The number of hydrogen-bond donors (Lipinski definition) is 1. The molecule has 98 valence electrons. The predicted molar refractivity (Wildman–Crippen MR) is 68.6 cm³/mol. The van der Waals surface area contributed by atoms with Gasteiger partial charge in [0, 0.05) is 14.1 Å². The standard InChI is InChI=1S/C13H19N3O2/c1-13(2)11(12(17)16(13)14-15(3)4)18-10-8-6-5-7-9-10/h5-9,11,14H,1-4H3/t11-/m1/s1. The molecule has 1 heterocycles. The highest BCUT2D eigenvalue weighted by Gasteiger charge is 2.56. The maximum Gasteiger partial charge on any atom is 0.281 e. The molecule has 0 spiro atoms. The Bertz CT molecular complexity index is 431. The molecule has 1 aromatic rings. The fourth-order valence-electron chi connectivity index (χ4n) is 1.96. The van der Waals surface area contributed by atoms with Crippen molar-refractivity contribution in [3.8, 4) is 5.75 Å². The largest absolute Gasteiger partial charge is 0.478 e. The molecule has 1 atom stereocenters. The van der Waals surface area contributed by atoms with Gasteiger partial charge in [0.25, 0.3) is 5.91 Å². The van der Waals surface area contributed by atoms with Gasteiger partial charge in [-0.1, -0.05) is 18.2 Å². The van der Waals surface area contributed by atoms with Crippen molar-refractivity contribution in [3.63, 3.8) is 0 Å². The van der Waals surface area contributed by atoms with E-state index in [1.54, 1.807) is 10.0 Å². The topological polar surface area (TPSA) is 44.8 Å². The van der Waals surface area contributed by atoms with E-state index >= 15 is 0 Å². The van der Waals surface area contributed by atoms with Gasteiger partial charge in [-0.15, -0.1) is 0 Å². The number of nitrogens with one attached hydrogen (secondary N) is 1. The second-order valence-corrected chi connectivity index (χ2v) is 5.13. The highest BCUT2D eigenvalue weighted by molar-refractivity contribution is 5.89. The van der Waals surface area contributed by atoms with Gasteiger partial charge in [0.05, 0.1) is 0 Å². The third-order valence-corrected chi connectivity index (χ3v) is 2.96. The Morgan fingerprint density at radius 2 is 1.89 bits per heavy atom. The molecule has 0 aliphatic carbocycles. The summed E-state index contributed by atoms with van der Waals surface area (Å²) in [5, 5.41) is 3.32. The molecule has 1 saturated heterocycles. The van der Waals surface area contributed by atoms with Gasteiger partial charge < -0.3 is 4.74 Å². The fraction of sp³-hybridized carbons (Fsp3) is 0.462. The van der Waals surface area contributed by atoms with Crippen LogP contribution in [-0.2, 0) is 4.79 Å². The first kappa shape index (κ1) is 12.9. The third-order valence-electron chi connectivity index (χ3n) is 2.96. The summed E-state index contributed by atoms with van der Waals surface area (Å²) in [6.45, 7) is 3.94. The molecular formula is C13H19N3O2. The van der Waals surface area contributed by atoms with E-state index in [0.717, 1.165) is 0 Å². The zero-order chi connectivity index (χ0) is 13.3. The molecular weight excluding hydrogens is 230 g/mol. The molecule has 1 N–H and O–H groups in total. The summed E-state index contributed by atoms with van der Waals surface area (Å²) in [6.07, 6.45) is -0.452. The van der Waals surface area contributed by atoms with Crippen molar-refractivity contribution in [3.05, 3.63) is 30.3 Å². The summed E-state index contributed by atoms with van der Waals surface area (Å²) >= 11 is 0. The van der Waals surface area contributed by atoms with Gasteiger partial charge >= 0.3 is 0 Å². The quantitative estimate of drug-likeness (QED) is 0.639. The zero-order valence-corrected chi connectivity index (χ0v) is 11.2. The molecule has 1 amide bonds. The van der Waals surface area contributed by atoms with Crippen molar-refractivity contribution >= 4 is 5.91 Å². The van der Waals surface area contributed by atoms with Gasteiger partial charge in [-0.3, -0.25) is 9.80 Å². The van der Waals surface area contributed by atoms with E-state index in [2.05, 4.69) is 5.53 Å². The number of hydrazine groups is 2. The number of hydrogen-bond acceptors (Lipinski definition) is 4. The van der Waals surface area contributed by atoms with Crippen LogP contribution in [0.4, 0.5) is 0 Å². The molecule has 5 nitrogen and oxygen atoms in total. The molecule has 0 radical (unpaired) electrons. The maximum absolute atomic E-state index is 12.0. The fourth-order valence-corrected chi connectivity index (χ4v) is 1.96. The summed E-state index contributed by atoms with van der Waals surface area (Å²) in [6, 6.07) is 9.40. The summed E-state index contributed by atoms with van der Waals surface area (Å²) in [5.41, 5.74) is 2.59. The van der Waals surface area contributed by atoms with Crippen LogP contribution in [0.25, 0.3) is 0 Å². The van der Waals surface area contributed by atoms with Crippen LogP contribution in [0, 0.1) is 0 Å². The summed E-state index contributed by atoms with van der Waals surface area (Å²) < 4.78 is 5.74. The zero-order valence-electron chi connectivity index (χ0n) is 11.2. The molecule has 1 fully saturated rings. The van der Waals surface area contributed by atoms with Crippen LogP contribution in [0.15, 0.2) is 30.3 Å². The Kier molecular flexibility index (Phi) is 3.28. The Balaban J connectivity index is 2.06. The van der Waals surface area contributed by atoms with Crippen LogP contribution in [0.5, 0.6) is 5.75 Å². The van der Waals surface area contributed by atoms with E-state index in [9.17, 15) is 4.79 Å². The smallest absolute Gasteiger partial charge is 0.281 e. The second kappa shape index (κ2) is 4.59. The minimum atomic E-state index is -0.452. The number of nitrogens with zero attached hydrogens (tertiary/aromatic N) is 2. The van der Waals surface area contributed by atoms with Crippen molar-refractivity contribution in [1.82, 2.24) is 15.6 Å². The van der Waals surface area contributed by atoms with E-state index in [1.165, 1.54) is 0 Å². The number of para-hydroxylation sites is 1. The van der Waals surface area contributed by atoms with Crippen molar-refractivity contribution in [1.29, 1.82) is 0 Å². The number of carbonyl (C=O) groups is 1. The maximum atomic E-state index is 12.0. The van der Waals surface area contributed by atoms with Crippen LogP contribution >= 0.6 is 0 Å². The van der Waals surface area contributed by atoms with E-state index in [0.29, 0.717) is 5.75 Å². The van der Waals surface area contributed by atoms with Gasteiger partial charge in [0.1, 0.15) is 11.3 Å². The third kappa shape index (κ3) is 2.19. The number of β-lactam (4-membered cyclic amide) rings is 1. The SMILES string of the molecule is CN(C)NN1C(=O)[C@@H](Oc2ccccc2)C1(C)C. The lowest BCUT2D eigenvalue weighted by atomic mass is 9.86. The van der Waals surface area contributed by atoms with Crippen LogP contribution in [0.3, 0.4) is 0 Å². The first-order chi connectivity index (χ1) is 8.43. The van der Waals surface area contributed by atoms with Gasteiger partial charge in [-0.25, -0.2) is 5.01 Å². The molecule has 0 bridgehead atoms. The second-order valence-electron chi connectivity index (χ2n) is 5.13. The monoisotopic (exact) mass is 249 g/mol. The molecule has 0 saturated carbocycles. The van der Waals surface area contributed by atoms with Gasteiger partial charge in [0.15, 0.2) is 0 Å². The van der Waals surface area contributed by atoms with Crippen molar-refractivity contribution in [2.75, 3.05) is 14.1 Å². The lowest BCUT2D eigenvalue weighted by molar-refractivity contribution is -0.195. The Morgan fingerprint density at radius 3 is 2.39 bits per heavy atom. The van der Waals surface area contributed by atoms with Crippen molar-refractivity contribution in [2.24, 2.45) is 0 Å². The molecule has 5 heteroatoms. The minimum absolute atomic E-state index is 0.0578. The first-order valence-corrected chi connectivity index (χ1v) is 5.92. The van der Waals surface area contributed by atoms with Gasteiger partial charge in [0.2, 0.25) is 6.10 Å². The van der Waals surface area contributed by atoms with Gasteiger partial charge in [-0.05, 0) is 26.0 Å². The number of rotatable bonds is 4. The lowest BCUT2D eigenvalue weighted by Gasteiger charge is -2.53. The normalized spacial score (nSPS) is 21.9. The van der Waals surface area contributed by atoms with Crippen LogP contribution < -0.4 is 10.3 Å². The van der Waals surface area contributed by atoms with Crippen molar-refractivity contribution < 1.29 is 9.53 Å². The average Bonchev–Trinajstić information content (AvgIpc) is 2.34. The average molecular weight is 249 g/mol. The number of carbonyl (C=O) groups excluding carboxylic acids is 1. The van der Waals surface area contributed by atoms with E-state index in [1.807, 2.05) is 58.3 Å². The molecule has 1 aromatic carbocycles. The lowest BCUT2D eigenvalue weighted by Crippen LogP contribution is -2.78. The summed E-state index contributed by atoms with van der Waals surface area (Å²) in [4.78, 5) is 12.0. The van der Waals surface area contributed by atoms with E-state index in [-0.39, 0.29) is 11.4 Å². The van der Waals surface area contributed by atoms with Crippen LogP contribution in [-0.4, -0.2) is 41.7 Å². The van der Waals surface area contributed by atoms with Crippen molar-refractivity contribution in [2.45, 2.75) is 25.5 Å². The van der Waals surface area contributed by atoms with Gasteiger partial charge in [-0.2, -0.15) is 5.53 Å². The van der Waals surface area contributed by atoms with E-state index < -0.39 is 6.10 Å². The molecule has 2 rings (SSSR count). The predicted octanol–water partition coefficient (Wildman–Crippen LogP) is 1.04. The van der Waals surface area contributed by atoms with Crippen LogP contribution in [0.1, 0.15) is 13.8 Å². The highest BCUT2D eigenvalue weighted by Crippen LogP contribution is 2.33. The number of ether oxygens (including phenoxy) is 1. The molecule has 18 heavy (non-hydrogen) atoms.